The molecular formula is C29H36N8O. The number of hydrogen-bond acceptors (Lipinski definition) is 7. The summed E-state index contributed by atoms with van der Waals surface area (Å²) in [6, 6.07) is 12.2. The van der Waals surface area contributed by atoms with Crippen molar-refractivity contribution in [1.82, 2.24) is 30.0 Å². The van der Waals surface area contributed by atoms with E-state index in [0.717, 1.165) is 42.8 Å². The van der Waals surface area contributed by atoms with E-state index < -0.39 is 0 Å². The van der Waals surface area contributed by atoms with Gasteiger partial charge in [-0.2, -0.15) is 10.4 Å². The Hall–Kier alpha value is -3.77. The summed E-state index contributed by atoms with van der Waals surface area (Å²) in [6.07, 6.45) is 14.1. The number of nitrogens with zero attached hydrogens (tertiary/aromatic N) is 6. The average molecular weight is 513 g/mol. The van der Waals surface area contributed by atoms with Crippen molar-refractivity contribution in [3.8, 4) is 17.3 Å². The zero-order valence-electron chi connectivity index (χ0n) is 22.0. The second-order valence-electron chi connectivity index (χ2n) is 10.5. The minimum Gasteiger partial charge on any atom is -0.352 e. The first-order chi connectivity index (χ1) is 18.6. The largest absolute Gasteiger partial charge is 0.352 e. The molecule has 3 aromatic rings. The zero-order chi connectivity index (χ0) is 26.3. The van der Waals surface area contributed by atoms with Crippen LogP contribution in [0.15, 0.2) is 48.9 Å². The molecule has 1 saturated carbocycles. The van der Waals surface area contributed by atoms with Crippen LogP contribution >= 0.6 is 0 Å². The maximum Gasteiger partial charge on any atom is 0.251 e. The molecule has 0 radical (unpaired) electrons. The summed E-state index contributed by atoms with van der Waals surface area (Å²) < 4.78 is 1.94. The van der Waals surface area contributed by atoms with Crippen LogP contribution in [0.2, 0.25) is 0 Å². The highest BCUT2D eigenvalue weighted by molar-refractivity contribution is 5.95. The number of carbonyl (C=O) groups excluding carboxylic acids is 1. The number of amides is 1. The molecule has 9 nitrogen and oxygen atoms in total. The zero-order valence-corrected chi connectivity index (χ0v) is 22.0. The molecule has 2 N–H and O–H groups in total. The van der Waals surface area contributed by atoms with Crippen LogP contribution in [0, 0.1) is 17.2 Å². The highest BCUT2D eigenvalue weighted by Gasteiger charge is 2.27. The van der Waals surface area contributed by atoms with Gasteiger partial charge in [0.1, 0.15) is 0 Å². The topological polar surface area (TPSA) is 112 Å². The molecule has 3 heterocycles. The van der Waals surface area contributed by atoms with Crippen molar-refractivity contribution in [2.45, 2.75) is 63.5 Å². The Morgan fingerprint density at radius 3 is 2.87 bits per heavy atom. The summed E-state index contributed by atoms with van der Waals surface area (Å²) in [6.45, 7) is 1.81. The quantitative estimate of drug-likeness (QED) is 0.396. The normalized spacial score (nSPS) is 18.8. The lowest BCUT2D eigenvalue weighted by Crippen LogP contribution is -2.31. The number of nitrogens with one attached hydrogen (secondary N) is 2. The molecule has 0 spiro atoms. The summed E-state index contributed by atoms with van der Waals surface area (Å²) in [7, 11) is 2.15. The van der Waals surface area contributed by atoms with Crippen molar-refractivity contribution in [3.05, 3.63) is 54.5 Å². The van der Waals surface area contributed by atoms with Crippen molar-refractivity contribution in [2.24, 2.45) is 5.92 Å². The van der Waals surface area contributed by atoms with Gasteiger partial charge >= 0.3 is 0 Å². The Morgan fingerprint density at radius 1 is 1.21 bits per heavy atom. The van der Waals surface area contributed by atoms with Gasteiger partial charge in [0.25, 0.3) is 5.91 Å². The van der Waals surface area contributed by atoms with E-state index in [1.165, 1.54) is 25.7 Å². The van der Waals surface area contributed by atoms with Gasteiger partial charge in [-0.05, 0) is 75.9 Å². The van der Waals surface area contributed by atoms with E-state index in [2.05, 4.69) is 43.7 Å². The van der Waals surface area contributed by atoms with Gasteiger partial charge in [0.2, 0.25) is 5.95 Å². The SMILES string of the molecule is CN1CCCC1CCNC(=O)c1cccc(Nc2nccc(-c3cnn(C(CC#N)C4CCCC4)c3)n2)c1. The number of likely N-dealkylation sites (tertiary alicyclic amines) is 1. The Labute approximate surface area is 224 Å². The summed E-state index contributed by atoms with van der Waals surface area (Å²) in [5, 5.41) is 20.2. The van der Waals surface area contributed by atoms with Crippen LogP contribution in [0.1, 0.15) is 67.8 Å². The number of benzene rings is 1. The molecule has 1 aromatic carbocycles. The Bertz CT molecular complexity index is 1280. The third-order valence-corrected chi connectivity index (χ3v) is 7.95. The summed E-state index contributed by atoms with van der Waals surface area (Å²) in [5.74, 6) is 0.866. The summed E-state index contributed by atoms with van der Waals surface area (Å²) in [5.41, 5.74) is 2.98. The molecule has 38 heavy (non-hydrogen) atoms. The van der Waals surface area contributed by atoms with Crippen LogP contribution in [0.3, 0.4) is 0 Å². The fourth-order valence-electron chi connectivity index (χ4n) is 5.81. The smallest absolute Gasteiger partial charge is 0.251 e. The van der Waals surface area contributed by atoms with Crippen molar-refractivity contribution >= 4 is 17.5 Å². The number of carbonyl (C=O) groups is 1. The van der Waals surface area contributed by atoms with Gasteiger partial charge in [-0.15, -0.1) is 0 Å². The van der Waals surface area contributed by atoms with E-state index in [1.54, 1.807) is 12.4 Å². The lowest BCUT2D eigenvalue weighted by atomic mass is 9.96. The number of rotatable bonds is 10. The van der Waals surface area contributed by atoms with Crippen molar-refractivity contribution in [1.29, 1.82) is 5.26 Å². The first-order valence-corrected chi connectivity index (χ1v) is 13.7. The van der Waals surface area contributed by atoms with Gasteiger partial charge in [-0.25, -0.2) is 9.97 Å². The lowest BCUT2D eigenvalue weighted by Gasteiger charge is -2.21. The van der Waals surface area contributed by atoms with Crippen molar-refractivity contribution in [2.75, 3.05) is 25.5 Å². The Kier molecular flexibility index (Phi) is 8.29. The van der Waals surface area contributed by atoms with Crippen LogP contribution in [0.25, 0.3) is 11.3 Å². The predicted molar refractivity (Wildman–Crippen MR) is 147 cm³/mol. The van der Waals surface area contributed by atoms with Gasteiger partial charge in [-0.3, -0.25) is 9.48 Å². The molecule has 2 unspecified atom stereocenters. The first-order valence-electron chi connectivity index (χ1n) is 13.7. The lowest BCUT2D eigenvalue weighted by molar-refractivity contribution is 0.0950. The number of aromatic nitrogens is 4. The molecule has 1 aliphatic carbocycles. The number of nitriles is 1. The van der Waals surface area contributed by atoms with Crippen molar-refractivity contribution < 1.29 is 4.79 Å². The predicted octanol–water partition coefficient (Wildman–Crippen LogP) is 4.94. The molecule has 2 aromatic heterocycles. The van der Waals surface area contributed by atoms with Gasteiger partial charge in [0.05, 0.1) is 30.4 Å². The van der Waals surface area contributed by atoms with E-state index in [4.69, 9.17) is 0 Å². The van der Waals surface area contributed by atoms with E-state index >= 15 is 0 Å². The van der Waals surface area contributed by atoms with Gasteiger partial charge in [-0.1, -0.05) is 18.9 Å². The van der Waals surface area contributed by atoms with E-state index in [1.807, 2.05) is 41.2 Å². The Morgan fingerprint density at radius 2 is 2.08 bits per heavy atom. The highest BCUT2D eigenvalue weighted by Crippen LogP contribution is 2.36. The molecule has 2 atom stereocenters. The maximum absolute atomic E-state index is 12.7. The molecule has 2 fully saturated rings. The second-order valence-corrected chi connectivity index (χ2v) is 10.5. The van der Waals surface area contributed by atoms with Crippen LogP contribution in [0.4, 0.5) is 11.6 Å². The monoisotopic (exact) mass is 512 g/mol. The third kappa shape index (κ3) is 6.20. The van der Waals surface area contributed by atoms with Crippen LogP contribution in [-0.4, -0.2) is 56.7 Å². The van der Waals surface area contributed by atoms with Crippen LogP contribution in [-0.2, 0) is 0 Å². The Balaban J connectivity index is 1.22. The third-order valence-electron chi connectivity index (χ3n) is 7.95. The molecule has 1 aliphatic heterocycles. The second kappa shape index (κ2) is 12.2. The molecule has 5 rings (SSSR count). The minimum atomic E-state index is -0.0782. The minimum absolute atomic E-state index is 0.0782. The van der Waals surface area contributed by atoms with Crippen molar-refractivity contribution in [3.63, 3.8) is 0 Å². The molecular weight excluding hydrogens is 476 g/mol. The van der Waals surface area contributed by atoms with Gasteiger partial charge < -0.3 is 15.5 Å². The van der Waals surface area contributed by atoms with Crippen LogP contribution in [0.5, 0.6) is 0 Å². The van der Waals surface area contributed by atoms with Gasteiger partial charge in [0, 0.05) is 41.8 Å². The molecule has 0 bridgehead atoms. The molecule has 1 saturated heterocycles. The average Bonchev–Trinajstić information content (AvgIpc) is 3.71. The first kappa shape index (κ1) is 25.9. The fraction of sp³-hybridized carbons (Fsp3) is 0.483. The molecule has 198 valence electrons. The fourth-order valence-corrected chi connectivity index (χ4v) is 5.81. The number of hydrogen-bond donors (Lipinski definition) is 2. The highest BCUT2D eigenvalue weighted by atomic mass is 16.1. The number of anilines is 2. The molecule has 1 amide bonds. The molecule has 2 aliphatic rings. The summed E-state index contributed by atoms with van der Waals surface area (Å²) in [4.78, 5) is 24.2. The van der Waals surface area contributed by atoms with E-state index in [9.17, 15) is 10.1 Å². The standard InChI is InChI=1S/C29H36N8O/c1-36-17-5-10-25(36)12-15-31-28(38)22-8-4-9-24(18-22)34-29-32-16-13-26(35-29)23-19-33-37(20-23)27(11-14-30)21-6-2-3-7-21/h4,8-9,13,16,18-21,25,27H,2-3,5-7,10-12,15,17H2,1H3,(H,31,38)(H,32,34,35). The molecule has 9 heteroatoms. The van der Waals surface area contributed by atoms with E-state index in [-0.39, 0.29) is 11.9 Å². The maximum atomic E-state index is 12.7. The van der Waals surface area contributed by atoms with Gasteiger partial charge in [0.15, 0.2) is 0 Å². The summed E-state index contributed by atoms with van der Waals surface area (Å²) >= 11 is 0. The van der Waals surface area contributed by atoms with E-state index in [0.29, 0.717) is 36.4 Å². The van der Waals surface area contributed by atoms with Crippen LogP contribution < -0.4 is 10.6 Å².